The van der Waals surface area contributed by atoms with Crippen molar-refractivity contribution in [3.8, 4) is 11.5 Å². The molecule has 2 N–H and O–H groups in total. The smallest absolute Gasteiger partial charge is 0.232 e. The molecular weight excluding hydrogens is 342 g/mol. The average molecular weight is 359 g/mol. The molecule has 6 heteroatoms. The lowest BCUT2D eigenvalue weighted by molar-refractivity contribution is -0.123. The monoisotopic (exact) mass is 359 g/mol. The lowest BCUT2D eigenvalue weighted by atomic mass is 9.90. The fraction of sp³-hybridized carbons (Fsp3) is 0.0952. The number of carbonyl (C=O) groups is 2. The van der Waals surface area contributed by atoms with E-state index in [1.807, 2.05) is 18.2 Å². The summed E-state index contributed by atoms with van der Waals surface area (Å²) in [6.45, 7) is 0. The van der Waals surface area contributed by atoms with E-state index in [4.69, 9.17) is 4.74 Å². The van der Waals surface area contributed by atoms with Gasteiger partial charge in [-0.2, -0.15) is 0 Å². The second-order valence-corrected chi connectivity index (χ2v) is 6.19. The van der Waals surface area contributed by atoms with E-state index in [9.17, 15) is 9.59 Å². The van der Waals surface area contributed by atoms with Crippen molar-refractivity contribution < 1.29 is 14.3 Å². The minimum absolute atomic E-state index is 0.131. The summed E-state index contributed by atoms with van der Waals surface area (Å²) >= 11 is 0. The van der Waals surface area contributed by atoms with Crippen molar-refractivity contribution in [1.29, 1.82) is 0 Å². The molecule has 0 saturated heterocycles. The Labute approximate surface area is 156 Å². The fourth-order valence-electron chi connectivity index (χ4n) is 3.02. The van der Waals surface area contributed by atoms with Gasteiger partial charge in [0.15, 0.2) is 0 Å². The highest BCUT2D eigenvalue weighted by Gasteiger charge is 2.30. The Kier molecular flexibility index (Phi) is 4.53. The molecule has 2 amide bonds. The highest BCUT2D eigenvalue weighted by atomic mass is 16.5. The van der Waals surface area contributed by atoms with E-state index >= 15 is 0 Å². The van der Waals surface area contributed by atoms with Gasteiger partial charge in [0.1, 0.15) is 11.5 Å². The maximum atomic E-state index is 12.7. The number of nitrogens with one attached hydrogen (secondary N) is 2. The standard InChI is InChI=1S/C21H17N3O3/c25-20-13-18(17-3-1-2-4-19(17)24-20)21(26)23-14-5-7-15(8-6-14)27-16-9-11-22-12-10-16/h1-12,18H,13H2,(H,23,26)(H,24,25). The molecule has 2 heterocycles. The van der Waals surface area contributed by atoms with Crippen molar-refractivity contribution in [1.82, 2.24) is 4.98 Å². The summed E-state index contributed by atoms with van der Waals surface area (Å²) in [6, 6.07) is 18.0. The normalized spacial score (nSPS) is 15.4. The van der Waals surface area contributed by atoms with Crippen molar-refractivity contribution in [2.24, 2.45) is 0 Å². The number of pyridine rings is 1. The van der Waals surface area contributed by atoms with Crippen molar-refractivity contribution >= 4 is 23.2 Å². The van der Waals surface area contributed by atoms with Gasteiger partial charge in [-0.15, -0.1) is 0 Å². The molecule has 0 fully saturated rings. The topological polar surface area (TPSA) is 80.3 Å². The molecule has 3 aromatic rings. The zero-order chi connectivity index (χ0) is 18.6. The molecule has 1 aliphatic heterocycles. The number of rotatable bonds is 4. The molecule has 0 aliphatic carbocycles. The van der Waals surface area contributed by atoms with Gasteiger partial charge in [-0.05, 0) is 48.0 Å². The average Bonchev–Trinajstić information content (AvgIpc) is 2.69. The molecule has 1 aliphatic rings. The molecule has 1 unspecified atom stereocenters. The summed E-state index contributed by atoms with van der Waals surface area (Å²) in [5.74, 6) is 0.464. The van der Waals surface area contributed by atoms with Crippen LogP contribution in [0.5, 0.6) is 11.5 Å². The molecular formula is C21H17N3O3. The quantitative estimate of drug-likeness (QED) is 0.739. The van der Waals surface area contributed by atoms with Crippen LogP contribution >= 0.6 is 0 Å². The minimum Gasteiger partial charge on any atom is -0.457 e. The largest absolute Gasteiger partial charge is 0.457 e. The Balaban J connectivity index is 1.46. The van der Waals surface area contributed by atoms with Gasteiger partial charge in [0.05, 0.1) is 5.92 Å². The van der Waals surface area contributed by atoms with Crippen LogP contribution in [0.2, 0.25) is 0 Å². The van der Waals surface area contributed by atoms with Gasteiger partial charge in [0.2, 0.25) is 11.8 Å². The summed E-state index contributed by atoms with van der Waals surface area (Å²) in [5, 5.41) is 5.68. The van der Waals surface area contributed by atoms with E-state index in [0.717, 1.165) is 5.56 Å². The van der Waals surface area contributed by atoms with E-state index in [-0.39, 0.29) is 18.2 Å². The molecule has 27 heavy (non-hydrogen) atoms. The van der Waals surface area contributed by atoms with E-state index in [2.05, 4.69) is 15.6 Å². The zero-order valence-corrected chi connectivity index (χ0v) is 14.4. The number of benzene rings is 2. The number of amides is 2. The molecule has 6 nitrogen and oxygen atoms in total. The number of aromatic nitrogens is 1. The molecule has 1 aromatic heterocycles. The van der Waals surface area contributed by atoms with Crippen LogP contribution in [0.4, 0.5) is 11.4 Å². The van der Waals surface area contributed by atoms with Crippen molar-refractivity contribution in [3.05, 3.63) is 78.6 Å². The van der Waals surface area contributed by atoms with Gasteiger partial charge in [-0.1, -0.05) is 18.2 Å². The molecule has 1 atom stereocenters. The Morgan fingerprint density at radius 1 is 1.00 bits per heavy atom. The van der Waals surface area contributed by atoms with Crippen LogP contribution in [-0.2, 0) is 9.59 Å². The lowest BCUT2D eigenvalue weighted by Gasteiger charge is -2.24. The van der Waals surface area contributed by atoms with Gasteiger partial charge in [-0.25, -0.2) is 0 Å². The Hall–Kier alpha value is -3.67. The summed E-state index contributed by atoms with van der Waals surface area (Å²) in [6.07, 6.45) is 3.44. The van der Waals surface area contributed by atoms with Crippen LogP contribution < -0.4 is 15.4 Å². The SMILES string of the molecule is O=C1CC(C(=O)Nc2ccc(Oc3ccncc3)cc2)c2ccccc2N1. The highest BCUT2D eigenvalue weighted by Crippen LogP contribution is 2.33. The number of carbonyl (C=O) groups excluding carboxylic acids is 2. The third-order valence-corrected chi connectivity index (χ3v) is 4.32. The summed E-state index contributed by atoms with van der Waals surface area (Å²) in [5.41, 5.74) is 2.16. The maximum absolute atomic E-state index is 12.7. The molecule has 134 valence electrons. The number of anilines is 2. The molecule has 4 rings (SSSR count). The predicted octanol–water partition coefficient (Wildman–Crippen LogP) is 3.94. The van der Waals surface area contributed by atoms with Crippen molar-refractivity contribution in [3.63, 3.8) is 0 Å². The number of para-hydroxylation sites is 1. The summed E-state index contributed by atoms with van der Waals surface area (Å²) in [4.78, 5) is 28.6. The number of ether oxygens (including phenoxy) is 1. The van der Waals surface area contributed by atoms with Crippen LogP contribution in [-0.4, -0.2) is 16.8 Å². The Morgan fingerprint density at radius 3 is 2.48 bits per heavy atom. The molecule has 2 aromatic carbocycles. The molecule has 0 radical (unpaired) electrons. The summed E-state index contributed by atoms with van der Waals surface area (Å²) in [7, 11) is 0. The van der Waals surface area contributed by atoms with E-state index in [0.29, 0.717) is 22.9 Å². The van der Waals surface area contributed by atoms with E-state index in [1.54, 1.807) is 54.9 Å². The highest BCUT2D eigenvalue weighted by molar-refractivity contribution is 6.05. The molecule has 0 bridgehead atoms. The van der Waals surface area contributed by atoms with Crippen molar-refractivity contribution in [2.75, 3.05) is 10.6 Å². The van der Waals surface area contributed by atoms with Gasteiger partial charge in [0.25, 0.3) is 0 Å². The fourth-order valence-corrected chi connectivity index (χ4v) is 3.02. The zero-order valence-electron chi connectivity index (χ0n) is 14.4. The number of hydrogen-bond acceptors (Lipinski definition) is 4. The lowest BCUT2D eigenvalue weighted by Crippen LogP contribution is -2.30. The molecule has 0 spiro atoms. The first-order chi connectivity index (χ1) is 13.2. The number of fused-ring (bicyclic) bond motifs is 1. The van der Waals surface area contributed by atoms with Crippen molar-refractivity contribution in [2.45, 2.75) is 12.3 Å². The van der Waals surface area contributed by atoms with Crippen LogP contribution in [0.25, 0.3) is 0 Å². The maximum Gasteiger partial charge on any atom is 0.232 e. The third kappa shape index (κ3) is 3.79. The van der Waals surface area contributed by atoms with Crippen LogP contribution in [0.3, 0.4) is 0 Å². The van der Waals surface area contributed by atoms with Gasteiger partial charge in [0, 0.05) is 30.2 Å². The first-order valence-corrected chi connectivity index (χ1v) is 8.56. The third-order valence-electron chi connectivity index (χ3n) is 4.32. The van der Waals surface area contributed by atoms with Crippen LogP contribution in [0.1, 0.15) is 17.9 Å². The van der Waals surface area contributed by atoms with Gasteiger partial charge in [-0.3, -0.25) is 14.6 Å². The number of hydrogen-bond donors (Lipinski definition) is 2. The van der Waals surface area contributed by atoms with E-state index < -0.39 is 5.92 Å². The van der Waals surface area contributed by atoms with Crippen LogP contribution in [0, 0.1) is 0 Å². The Morgan fingerprint density at radius 2 is 1.70 bits per heavy atom. The Bertz CT molecular complexity index is 971. The van der Waals surface area contributed by atoms with Gasteiger partial charge >= 0.3 is 0 Å². The van der Waals surface area contributed by atoms with Gasteiger partial charge < -0.3 is 15.4 Å². The minimum atomic E-state index is -0.511. The predicted molar refractivity (Wildman–Crippen MR) is 102 cm³/mol. The van der Waals surface area contributed by atoms with Crippen LogP contribution in [0.15, 0.2) is 73.1 Å². The second-order valence-electron chi connectivity index (χ2n) is 6.19. The first kappa shape index (κ1) is 16.8. The summed E-state index contributed by atoms with van der Waals surface area (Å²) < 4.78 is 5.71. The molecule has 0 saturated carbocycles. The first-order valence-electron chi connectivity index (χ1n) is 8.56. The number of nitrogens with zero attached hydrogens (tertiary/aromatic N) is 1. The second kappa shape index (κ2) is 7.29. The van der Waals surface area contributed by atoms with E-state index in [1.165, 1.54) is 0 Å².